The van der Waals surface area contributed by atoms with Gasteiger partial charge in [-0.05, 0) is 63.7 Å². The maximum absolute atomic E-state index is 3.77. The first kappa shape index (κ1) is 13.1. The minimum atomic E-state index is 0.761. The average Bonchev–Trinajstić information content (AvgIpc) is 2.75. The summed E-state index contributed by atoms with van der Waals surface area (Å²) in [6.45, 7) is 5.94. The average molecular weight is 258 g/mol. The Morgan fingerprint density at radius 1 is 1.21 bits per heavy atom. The van der Waals surface area contributed by atoms with Crippen molar-refractivity contribution < 1.29 is 0 Å². The van der Waals surface area contributed by atoms with Crippen LogP contribution in [0.1, 0.15) is 36.3 Å². The summed E-state index contributed by atoms with van der Waals surface area (Å²) in [6, 6.07) is 9.86. The highest BCUT2D eigenvalue weighted by atomic mass is 15.1. The van der Waals surface area contributed by atoms with Crippen molar-refractivity contribution in [1.82, 2.24) is 10.2 Å². The molecule has 1 saturated heterocycles. The maximum atomic E-state index is 3.77. The van der Waals surface area contributed by atoms with Crippen LogP contribution in [-0.4, -0.2) is 37.6 Å². The SMILES string of the molecule is Cc1ccc(C2CC(NCC3CCN(C)C3)C2)cc1. The summed E-state index contributed by atoms with van der Waals surface area (Å²) in [7, 11) is 2.23. The first-order chi connectivity index (χ1) is 9.20. The van der Waals surface area contributed by atoms with Gasteiger partial charge < -0.3 is 10.2 Å². The standard InChI is InChI=1S/C17H26N2/c1-13-3-5-15(6-4-13)16-9-17(10-16)18-11-14-7-8-19(2)12-14/h3-6,14,16-18H,7-12H2,1-2H3. The van der Waals surface area contributed by atoms with Crippen LogP contribution in [-0.2, 0) is 0 Å². The van der Waals surface area contributed by atoms with E-state index in [4.69, 9.17) is 0 Å². The van der Waals surface area contributed by atoms with Gasteiger partial charge in [0.1, 0.15) is 0 Å². The van der Waals surface area contributed by atoms with E-state index in [1.165, 1.54) is 50.0 Å². The molecule has 104 valence electrons. The molecule has 0 spiro atoms. The third kappa shape index (κ3) is 3.18. The van der Waals surface area contributed by atoms with Crippen molar-refractivity contribution in [2.75, 3.05) is 26.7 Å². The molecule has 2 fully saturated rings. The molecule has 0 aromatic heterocycles. The van der Waals surface area contributed by atoms with Crippen molar-refractivity contribution in [2.24, 2.45) is 5.92 Å². The second-order valence-electron chi connectivity index (χ2n) is 6.60. The first-order valence-corrected chi connectivity index (χ1v) is 7.69. The topological polar surface area (TPSA) is 15.3 Å². The van der Waals surface area contributed by atoms with Gasteiger partial charge in [-0.1, -0.05) is 29.8 Å². The van der Waals surface area contributed by atoms with E-state index in [-0.39, 0.29) is 0 Å². The summed E-state index contributed by atoms with van der Waals surface area (Å²) < 4.78 is 0. The van der Waals surface area contributed by atoms with E-state index in [0.29, 0.717) is 0 Å². The Morgan fingerprint density at radius 2 is 1.95 bits per heavy atom. The zero-order chi connectivity index (χ0) is 13.2. The largest absolute Gasteiger partial charge is 0.314 e. The Kier molecular flexibility index (Phi) is 3.90. The number of likely N-dealkylation sites (tertiary alicyclic amines) is 1. The zero-order valence-corrected chi connectivity index (χ0v) is 12.2. The van der Waals surface area contributed by atoms with Crippen LogP contribution < -0.4 is 5.32 Å². The maximum Gasteiger partial charge on any atom is 0.00788 e. The molecule has 1 saturated carbocycles. The molecule has 2 aliphatic rings. The molecule has 0 radical (unpaired) electrons. The third-order valence-electron chi connectivity index (χ3n) is 4.87. The van der Waals surface area contributed by atoms with Crippen LogP contribution in [0.15, 0.2) is 24.3 Å². The van der Waals surface area contributed by atoms with E-state index >= 15 is 0 Å². The molecular weight excluding hydrogens is 232 g/mol. The second-order valence-corrected chi connectivity index (χ2v) is 6.60. The van der Waals surface area contributed by atoms with Crippen LogP contribution in [0.4, 0.5) is 0 Å². The third-order valence-corrected chi connectivity index (χ3v) is 4.87. The number of nitrogens with zero attached hydrogens (tertiary/aromatic N) is 1. The van der Waals surface area contributed by atoms with Crippen molar-refractivity contribution in [3.63, 3.8) is 0 Å². The van der Waals surface area contributed by atoms with Gasteiger partial charge in [0.2, 0.25) is 0 Å². The van der Waals surface area contributed by atoms with Gasteiger partial charge in [-0.15, -0.1) is 0 Å². The van der Waals surface area contributed by atoms with Crippen LogP contribution in [0.2, 0.25) is 0 Å². The molecule has 0 bridgehead atoms. The van der Waals surface area contributed by atoms with Gasteiger partial charge in [0.25, 0.3) is 0 Å². The van der Waals surface area contributed by atoms with E-state index in [2.05, 4.69) is 48.5 Å². The summed E-state index contributed by atoms with van der Waals surface area (Å²) in [5, 5.41) is 3.77. The Morgan fingerprint density at radius 3 is 2.58 bits per heavy atom. The minimum absolute atomic E-state index is 0.761. The molecule has 3 rings (SSSR count). The molecule has 1 aromatic rings. The lowest BCUT2D eigenvalue weighted by atomic mass is 9.75. The lowest BCUT2D eigenvalue weighted by Gasteiger charge is -2.37. The van der Waals surface area contributed by atoms with E-state index in [0.717, 1.165) is 17.9 Å². The Bertz CT molecular complexity index is 406. The number of nitrogens with one attached hydrogen (secondary N) is 1. The highest BCUT2D eigenvalue weighted by molar-refractivity contribution is 5.26. The Hall–Kier alpha value is -0.860. The Balaban J connectivity index is 1.39. The van der Waals surface area contributed by atoms with Gasteiger partial charge in [-0.2, -0.15) is 0 Å². The van der Waals surface area contributed by atoms with E-state index < -0.39 is 0 Å². The van der Waals surface area contributed by atoms with Crippen LogP contribution in [0.5, 0.6) is 0 Å². The lowest BCUT2D eigenvalue weighted by Crippen LogP contribution is -2.42. The molecule has 1 aliphatic heterocycles. The summed E-state index contributed by atoms with van der Waals surface area (Å²) in [5.41, 5.74) is 2.90. The fraction of sp³-hybridized carbons (Fsp3) is 0.647. The summed E-state index contributed by atoms with van der Waals surface area (Å²) in [6.07, 6.45) is 4.02. The highest BCUT2D eigenvalue weighted by Crippen LogP contribution is 2.37. The van der Waals surface area contributed by atoms with Crippen molar-refractivity contribution in [2.45, 2.75) is 38.1 Å². The molecule has 0 amide bonds. The van der Waals surface area contributed by atoms with Crippen LogP contribution in [0.3, 0.4) is 0 Å². The normalized spacial score (nSPS) is 31.4. The summed E-state index contributed by atoms with van der Waals surface area (Å²) in [5.74, 6) is 1.67. The second kappa shape index (κ2) is 5.64. The van der Waals surface area contributed by atoms with Crippen molar-refractivity contribution >= 4 is 0 Å². The predicted molar refractivity (Wildman–Crippen MR) is 80.5 cm³/mol. The van der Waals surface area contributed by atoms with E-state index in [1.54, 1.807) is 0 Å². The predicted octanol–water partition coefficient (Wildman–Crippen LogP) is 2.78. The molecule has 1 unspecified atom stereocenters. The van der Waals surface area contributed by atoms with E-state index in [1.807, 2.05) is 0 Å². The Labute approximate surface area is 117 Å². The minimum Gasteiger partial charge on any atom is -0.314 e. The fourth-order valence-electron chi connectivity index (χ4n) is 3.42. The van der Waals surface area contributed by atoms with Gasteiger partial charge >= 0.3 is 0 Å². The molecular formula is C17H26N2. The molecule has 2 nitrogen and oxygen atoms in total. The quantitative estimate of drug-likeness (QED) is 0.893. The van der Waals surface area contributed by atoms with Crippen LogP contribution >= 0.6 is 0 Å². The van der Waals surface area contributed by atoms with Gasteiger partial charge in [0.05, 0.1) is 0 Å². The zero-order valence-electron chi connectivity index (χ0n) is 12.2. The molecule has 2 heteroatoms. The van der Waals surface area contributed by atoms with Gasteiger partial charge in [0, 0.05) is 12.6 Å². The number of aryl methyl sites for hydroxylation is 1. The van der Waals surface area contributed by atoms with Gasteiger partial charge in [0.15, 0.2) is 0 Å². The van der Waals surface area contributed by atoms with Crippen molar-refractivity contribution in [3.8, 4) is 0 Å². The van der Waals surface area contributed by atoms with Crippen molar-refractivity contribution in [3.05, 3.63) is 35.4 Å². The highest BCUT2D eigenvalue weighted by Gasteiger charge is 2.30. The first-order valence-electron chi connectivity index (χ1n) is 7.69. The molecule has 1 aromatic carbocycles. The van der Waals surface area contributed by atoms with E-state index in [9.17, 15) is 0 Å². The molecule has 1 heterocycles. The number of hydrogen-bond donors (Lipinski definition) is 1. The van der Waals surface area contributed by atoms with Gasteiger partial charge in [-0.3, -0.25) is 0 Å². The smallest absolute Gasteiger partial charge is 0.00788 e. The number of benzene rings is 1. The molecule has 1 atom stereocenters. The van der Waals surface area contributed by atoms with Crippen molar-refractivity contribution in [1.29, 1.82) is 0 Å². The summed E-state index contributed by atoms with van der Waals surface area (Å²) in [4.78, 5) is 2.45. The lowest BCUT2D eigenvalue weighted by molar-refractivity contribution is 0.274. The molecule has 19 heavy (non-hydrogen) atoms. The number of hydrogen-bond acceptors (Lipinski definition) is 2. The van der Waals surface area contributed by atoms with Crippen LogP contribution in [0, 0.1) is 12.8 Å². The van der Waals surface area contributed by atoms with Crippen LogP contribution in [0.25, 0.3) is 0 Å². The number of rotatable bonds is 4. The molecule has 1 aliphatic carbocycles. The summed E-state index contributed by atoms with van der Waals surface area (Å²) >= 11 is 0. The monoisotopic (exact) mass is 258 g/mol. The van der Waals surface area contributed by atoms with Gasteiger partial charge in [-0.25, -0.2) is 0 Å². The fourth-order valence-corrected chi connectivity index (χ4v) is 3.42. The molecule has 1 N–H and O–H groups in total.